The molecule has 0 aromatic carbocycles. The molecule has 6 nitrogen and oxygen atoms in total. The molecule has 0 aromatic rings. The van der Waals surface area contributed by atoms with E-state index in [0.717, 1.165) is 0 Å². The topological polar surface area (TPSA) is 180 Å². The Labute approximate surface area is 78.4 Å². The van der Waals surface area contributed by atoms with E-state index in [1.54, 1.807) is 0 Å². The summed E-state index contributed by atoms with van der Waals surface area (Å²) in [5.41, 5.74) is 0. The van der Waals surface area contributed by atoms with Crippen molar-refractivity contribution in [3.63, 3.8) is 0 Å². The van der Waals surface area contributed by atoms with Gasteiger partial charge in [-0.2, -0.15) is 0 Å². The molecule has 0 rings (SSSR count). The minimum Gasteiger partial charge on any atom is -0.870 e. The van der Waals surface area contributed by atoms with Gasteiger partial charge in [0.1, 0.15) is 0 Å². The average Bonchev–Trinajstić information content (AvgIpc) is 0. The molecule has 0 aromatic heterocycles. The van der Waals surface area contributed by atoms with Crippen LogP contribution in [-0.2, 0) is 19.5 Å². The Bertz CT molecular complexity index is 8.49. The molecular weight excluding hydrogens is 408 g/mol. The summed E-state index contributed by atoms with van der Waals surface area (Å²) in [6, 6.07) is 0. The Hall–Kier alpha value is 1.27. The fourth-order valence-corrected chi connectivity index (χ4v) is 0. The molecule has 0 bridgehead atoms. The Balaban J connectivity index is 0. The van der Waals surface area contributed by atoms with Gasteiger partial charge in [-0.1, -0.05) is 0 Å². The molecule has 0 aliphatic rings. The van der Waals surface area contributed by atoms with E-state index in [4.69, 9.17) is 0 Å². The first kappa shape index (κ1) is 395. The van der Waals surface area contributed by atoms with E-state index >= 15 is 0 Å². The fourth-order valence-electron chi connectivity index (χ4n) is 0. The molecule has 2 radical (unpaired) electrons. The summed E-state index contributed by atoms with van der Waals surface area (Å²) in [5.74, 6) is 0. The van der Waals surface area contributed by atoms with Crippen molar-refractivity contribution in [3.05, 3.63) is 0 Å². The second kappa shape index (κ2) is 272. The summed E-state index contributed by atoms with van der Waals surface area (Å²) < 4.78 is 0. The predicted octanol–water partition coefficient (Wildman–Crippen LogP) is -1.44. The van der Waals surface area contributed by atoms with Gasteiger partial charge in [-0.15, -0.1) is 0 Å². The van der Waals surface area contributed by atoms with Crippen LogP contribution in [0.25, 0.3) is 0 Å². The fraction of sp³-hybridized carbons (Fsp3) is 0. The van der Waals surface area contributed by atoms with Crippen LogP contribution in [-0.4, -0.2) is 59.1 Å². The van der Waals surface area contributed by atoms with Crippen LogP contribution in [0, 0.1) is 0 Å². The third kappa shape index (κ3) is 178. The molecule has 8 heteroatoms. The van der Waals surface area contributed by atoms with Crippen LogP contribution in [0.15, 0.2) is 0 Å². The Kier molecular flexibility index (Phi) is 13400. The van der Waals surface area contributed by atoms with Crippen LogP contribution in [0.2, 0.25) is 0 Å². The zero-order valence-corrected chi connectivity index (χ0v) is 8.58. The monoisotopic (exact) mass is 414 g/mol. The van der Waals surface area contributed by atoms with Gasteiger partial charge in [0.05, 0.1) is 0 Å². The molecule has 0 saturated carbocycles. The molecular formula is H6BiO6Rh. The normalized spacial score (nSPS) is 0. The molecule has 0 amide bonds. The van der Waals surface area contributed by atoms with Gasteiger partial charge in [-0.3, -0.25) is 0 Å². The molecule has 56 valence electrons. The smallest absolute Gasteiger partial charge is 0.870 e. The van der Waals surface area contributed by atoms with Crippen LogP contribution in [0.3, 0.4) is 0 Å². The van der Waals surface area contributed by atoms with Crippen molar-refractivity contribution in [2.75, 3.05) is 0 Å². The SMILES string of the molecule is [Bi+3].[OH-].[OH-].[OH-].[OH-].[OH-].[OH-].[Rh+3]. The molecule has 8 heavy (non-hydrogen) atoms. The molecule has 0 atom stereocenters. The number of hydrogen-bond acceptors (Lipinski definition) is 6. The maximum Gasteiger partial charge on any atom is 3.00 e. The molecule has 0 aliphatic heterocycles. The summed E-state index contributed by atoms with van der Waals surface area (Å²) in [7, 11) is 0. The van der Waals surface area contributed by atoms with Crippen LogP contribution >= 0.6 is 0 Å². The van der Waals surface area contributed by atoms with Crippen molar-refractivity contribution >= 4 is 26.2 Å². The second-order valence-corrected chi connectivity index (χ2v) is 0. The van der Waals surface area contributed by atoms with Crippen LogP contribution < -0.4 is 0 Å². The van der Waals surface area contributed by atoms with Crippen LogP contribution in [0.1, 0.15) is 0 Å². The van der Waals surface area contributed by atoms with Crippen molar-refractivity contribution in [1.82, 2.24) is 0 Å². The zero-order valence-electron chi connectivity index (χ0n) is 3.46. The van der Waals surface area contributed by atoms with Gasteiger partial charge in [-0.25, -0.2) is 0 Å². The van der Waals surface area contributed by atoms with E-state index < -0.39 is 0 Å². The van der Waals surface area contributed by atoms with Crippen LogP contribution in [0.4, 0.5) is 0 Å². The summed E-state index contributed by atoms with van der Waals surface area (Å²) in [6.45, 7) is 0. The van der Waals surface area contributed by atoms with Crippen molar-refractivity contribution in [1.29, 1.82) is 0 Å². The van der Waals surface area contributed by atoms with E-state index in [9.17, 15) is 0 Å². The van der Waals surface area contributed by atoms with Gasteiger partial charge in [0.25, 0.3) is 0 Å². The van der Waals surface area contributed by atoms with E-state index in [-0.39, 0.29) is 78.5 Å². The van der Waals surface area contributed by atoms with Gasteiger partial charge in [-0.05, 0) is 0 Å². The Morgan fingerprint density at radius 3 is 0.375 bits per heavy atom. The third-order valence-electron chi connectivity index (χ3n) is 0. The molecule has 0 aliphatic carbocycles. The molecule has 0 heterocycles. The van der Waals surface area contributed by atoms with Gasteiger partial charge >= 0.3 is 45.7 Å². The maximum atomic E-state index is 0. The minimum atomic E-state index is 0. The standard InChI is InChI=1S/Bi.6H2O.Rh/h;6*1H2;/q+3;;;;;;;+3/p-6. The van der Waals surface area contributed by atoms with E-state index in [1.807, 2.05) is 0 Å². The van der Waals surface area contributed by atoms with Crippen molar-refractivity contribution in [2.45, 2.75) is 0 Å². The molecule has 0 saturated heterocycles. The summed E-state index contributed by atoms with van der Waals surface area (Å²) >= 11 is 0. The summed E-state index contributed by atoms with van der Waals surface area (Å²) in [5, 5.41) is 0. The van der Waals surface area contributed by atoms with Crippen molar-refractivity contribution in [2.24, 2.45) is 0 Å². The van der Waals surface area contributed by atoms with E-state index in [0.29, 0.717) is 0 Å². The second-order valence-electron chi connectivity index (χ2n) is 0. The minimum absolute atomic E-state index is 0. The first-order chi connectivity index (χ1) is 0. The first-order valence-electron chi connectivity index (χ1n) is 0. The summed E-state index contributed by atoms with van der Waals surface area (Å²) in [4.78, 5) is 0. The summed E-state index contributed by atoms with van der Waals surface area (Å²) in [6.07, 6.45) is 0. The van der Waals surface area contributed by atoms with Gasteiger partial charge in [0.15, 0.2) is 0 Å². The van der Waals surface area contributed by atoms with Crippen LogP contribution in [0.5, 0.6) is 0 Å². The molecule has 0 spiro atoms. The maximum absolute atomic E-state index is 0. The van der Waals surface area contributed by atoms with E-state index in [2.05, 4.69) is 0 Å². The zero-order chi connectivity index (χ0) is 0. The van der Waals surface area contributed by atoms with E-state index in [1.165, 1.54) is 0 Å². The number of hydrogen-bond donors (Lipinski definition) is 0. The van der Waals surface area contributed by atoms with Gasteiger partial charge < -0.3 is 32.9 Å². The van der Waals surface area contributed by atoms with Crippen molar-refractivity contribution < 1.29 is 52.3 Å². The Morgan fingerprint density at radius 2 is 0.375 bits per heavy atom. The molecule has 6 N–H and O–H groups in total. The van der Waals surface area contributed by atoms with Gasteiger partial charge in [0.2, 0.25) is 0 Å². The van der Waals surface area contributed by atoms with Crippen molar-refractivity contribution in [3.8, 4) is 0 Å². The van der Waals surface area contributed by atoms with Gasteiger partial charge in [0, 0.05) is 0 Å². The molecule has 0 unspecified atom stereocenters. The largest absolute Gasteiger partial charge is 3.00 e. The third-order valence-corrected chi connectivity index (χ3v) is 0. The average molecular weight is 414 g/mol. The quantitative estimate of drug-likeness (QED) is 0.438. The first-order valence-corrected chi connectivity index (χ1v) is 0. The number of rotatable bonds is 0. The predicted molar refractivity (Wildman–Crippen MR) is 17.4 cm³/mol. The Morgan fingerprint density at radius 1 is 0.375 bits per heavy atom. The molecule has 0 fully saturated rings.